The van der Waals surface area contributed by atoms with Crippen LogP contribution in [0.1, 0.15) is 35.3 Å². The fourth-order valence-corrected chi connectivity index (χ4v) is 3.98. The number of halogens is 1. The van der Waals surface area contributed by atoms with Gasteiger partial charge in [0, 0.05) is 43.3 Å². The second-order valence-corrected chi connectivity index (χ2v) is 8.37. The molecule has 0 radical (unpaired) electrons. The first kappa shape index (κ1) is 21.2. The van der Waals surface area contributed by atoms with Gasteiger partial charge in [0.05, 0.1) is 10.7 Å². The first-order valence-electron chi connectivity index (χ1n) is 9.97. The van der Waals surface area contributed by atoms with Crippen molar-refractivity contribution in [1.29, 1.82) is 0 Å². The Balaban J connectivity index is 1.66. The summed E-state index contributed by atoms with van der Waals surface area (Å²) in [5, 5.41) is 3.51. The lowest BCUT2D eigenvalue weighted by atomic mass is 10.1. The Hall–Kier alpha value is -2.53. The number of hydrogen-bond donors (Lipinski definition) is 1. The molecule has 2 aromatic carbocycles. The molecule has 1 N–H and O–H groups in total. The van der Waals surface area contributed by atoms with Gasteiger partial charge < -0.3 is 15.1 Å². The molecule has 0 bridgehead atoms. The van der Waals surface area contributed by atoms with Crippen molar-refractivity contribution in [3.63, 3.8) is 0 Å². The van der Waals surface area contributed by atoms with Crippen molar-refractivity contribution < 1.29 is 9.59 Å². The van der Waals surface area contributed by atoms with E-state index in [1.165, 1.54) is 0 Å². The van der Waals surface area contributed by atoms with E-state index in [0.29, 0.717) is 29.4 Å². The number of rotatable bonds is 4. The van der Waals surface area contributed by atoms with Crippen LogP contribution < -0.4 is 10.2 Å². The van der Waals surface area contributed by atoms with Gasteiger partial charge in [0.15, 0.2) is 0 Å². The highest BCUT2D eigenvalue weighted by Crippen LogP contribution is 2.30. The zero-order valence-corrected chi connectivity index (χ0v) is 18.2. The molecule has 0 spiro atoms. The zero-order chi connectivity index (χ0) is 21.1. The van der Waals surface area contributed by atoms with Crippen LogP contribution in [-0.2, 0) is 4.79 Å². The van der Waals surface area contributed by atoms with Gasteiger partial charge in [0.25, 0.3) is 5.91 Å². The van der Waals surface area contributed by atoms with Crippen LogP contribution in [-0.4, -0.2) is 42.9 Å². The Kier molecular flexibility index (Phi) is 6.48. The fraction of sp³-hybridized carbons (Fsp3) is 0.391. The van der Waals surface area contributed by atoms with Gasteiger partial charge in [-0.2, -0.15) is 0 Å². The number of nitrogens with zero attached hydrogens (tertiary/aromatic N) is 2. The van der Waals surface area contributed by atoms with E-state index in [0.717, 1.165) is 29.9 Å². The minimum Gasteiger partial charge on any atom is -0.367 e. The Morgan fingerprint density at radius 3 is 2.14 bits per heavy atom. The molecule has 1 saturated heterocycles. The van der Waals surface area contributed by atoms with Crippen LogP contribution in [0.25, 0.3) is 0 Å². The first-order valence-corrected chi connectivity index (χ1v) is 10.4. The molecule has 1 aliphatic heterocycles. The average molecular weight is 414 g/mol. The smallest absolute Gasteiger partial charge is 0.255 e. The topological polar surface area (TPSA) is 52.7 Å². The molecule has 1 fully saturated rings. The normalized spacial score (nSPS) is 14.3. The van der Waals surface area contributed by atoms with E-state index in [2.05, 4.69) is 10.2 Å². The van der Waals surface area contributed by atoms with E-state index in [1.54, 1.807) is 6.07 Å². The van der Waals surface area contributed by atoms with E-state index in [4.69, 9.17) is 11.6 Å². The molecule has 0 aromatic heterocycles. The number of hydrogen-bond acceptors (Lipinski definition) is 3. The highest BCUT2D eigenvalue weighted by atomic mass is 35.5. The molecular formula is C23H28ClN3O2. The fourth-order valence-electron chi connectivity index (χ4n) is 3.68. The van der Waals surface area contributed by atoms with Gasteiger partial charge in [0.2, 0.25) is 5.91 Å². The summed E-state index contributed by atoms with van der Waals surface area (Å²) in [6.07, 6.45) is 0. The lowest BCUT2D eigenvalue weighted by Gasteiger charge is -2.37. The van der Waals surface area contributed by atoms with Gasteiger partial charge in [-0.05, 0) is 44.2 Å². The molecule has 0 atom stereocenters. The van der Waals surface area contributed by atoms with Gasteiger partial charge in [0.1, 0.15) is 0 Å². The standard InChI is InChI=1S/C23H28ClN3O2/c1-15(2)23(29)27-9-7-26(8-10-27)21-6-5-19(14-20(21)24)25-22(28)18-12-16(3)11-17(4)13-18/h5-6,11-15H,7-10H2,1-4H3,(H,25,28). The highest BCUT2D eigenvalue weighted by Gasteiger charge is 2.24. The van der Waals surface area contributed by atoms with E-state index in [1.807, 2.05) is 62.9 Å². The van der Waals surface area contributed by atoms with Crippen molar-refractivity contribution in [2.45, 2.75) is 27.7 Å². The summed E-state index contributed by atoms with van der Waals surface area (Å²) in [5.74, 6) is 0.0619. The summed E-state index contributed by atoms with van der Waals surface area (Å²) < 4.78 is 0. The predicted molar refractivity (Wildman–Crippen MR) is 119 cm³/mol. The maximum absolute atomic E-state index is 12.6. The van der Waals surface area contributed by atoms with Crippen LogP contribution in [0, 0.1) is 19.8 Å². The number of piperazine rings is 1. The van der Waals surface area contributed by atoms with Crippen LogP contribution in [0.2, 0.25) is 5.02 Å². The molecule has 1 aliphatic rings. The Labute approximate surface area is 177 Å². The minimum absolute atomic E-state index is 0.0187. The average Bonchev–Trinajstić information content (AvgIpc) is 2.67. The summed E-state index contributed by atoms with van der Waals surface area (Å²) in [7, 11) is 0. The maximum atomic E-state index is 12.6. The van der Waals surface area contributed by atoms with Gasteiger partial charge in [-0.1, -0.05) is 42.6 Å². The molecule has 2 amide bonds. The number of nitrogens with one attached hydrogen (secondary N) is 1. The summed E-state index contributed by atoms with van der Waals surface area (Å²) in [5.41, 5.74) is 4.33. The van der Waals surface area contributed by atoms with Gasteiger partial charge >= 0.3 is 0 Å². The summed E-state index contributed by atoms with van der Waals surface area (Å²) in [6.45, 7) is 10.7. The third-order valence-corrected chi connectivity index (χ3v) is 5.42. The van der Waals surface area contributed by atoms with Crippen molar-refractivity contribution >= 4 is 34.8 Å². The largest absolute Gasteiger partial charge is 0.367 e. The van der Waals surface area contributed by atoms with Gasteiger partial charge in [-0.15, -0.1) is 0 Å². The summed E-state index contributed by atoms with van der Waals surface area (Å²) in [4.78, 5) is 28.8. The number of carbonyl (C=O) groups is 2. The number of carbonyl (C=O) groups excluding carboxylic acids is 2. The summed E-state index contributed by atoms with van der Waals surface area (Å²) >= 11 is 6.52. The summed E-state index contributed by atoms with van der Waals surface area (Å²) in [6, 6.07) is 11.4. The minimum atomic E-state index is -0.151. The Morgan fingerprint density at radius 2 is 1.59 bits per heavy atom. The molecule has 0 unspecified atom stereocenters. The Morgan fingerprint density at radius 1 is 0.966 bits per heavy atom. The quantitative estimate of drug-likeness (QED) is 0.802. The van der Waals surface area contributed by atoms with Gasteiger partial charge in [-0.25, -0.2) is 0 Å². The van der Waals surface area contributed by atoms with E-state index in [-0.39, 0.29) is 17.7 Å². The van der Waals surface area contributed by atoms with Crippen LogP contribution in [0.15, 0.2) is 36.4 Å². The van der Waals surface area contributed by atoms with E-state index in [9.17, 15) is 9.59 Å². The lowest BCUT2D eigenvalue weighted by molar-refractivity contribution is -0.134. The van der Waals surface area contributed by atoms with Crippen molar-refractivity contribution in [2.24, 2.45) is 5.92 Å². The molecule has 0 saturated carbocycles. The molecule has 2 aromatic rings. The number of amides is 2. The Bertz CT molecular complexity index is 898. The SMILES string of the molecule is Cc1cc(C)cc(C(=O)Nc2ccc(N3CCN(C(=O)C(C)C)CC3)c(Cl)c2)c1. The van der Waals surface area contributed by atoms with Crippen LogP contribution in [0.3, 0.4) is 0 Å². The molecular weight excluding hydrogens is 386 g/mol. The lowest BCUT2D eigenvalue weighted by Crippen LogP contribution is -2.50. The molecule has 5 nitrogen and oxygen atoms in total. The first-order chi connectivity index (χ1) is 13.7. The second-order valence-electron chi connectivity index (χ2n) is 7.96. The zero-order valence-electron chi connectivity index (χ0n) is 17.5. The number of anilines is 2. The molecule has 1 heterocycles. The molecule has 6 heteroatoms. The van der Waals surface area contributed by atoms with Gasteiger partial charge in [-0.3, -0.25) is 9.59 Å². The second kappa shape index (κ2) is 8.87. The number of aryl methyl sites for hydroxylation is 2. The highest BCUT2D eigenvalue weighted by molar-refractivity contribution is 6.33. The molecule has 29 heavy (non-hydrogen) atoms. The number of benzene rings is 2. The molecule has 3 rings (SSSR count). The van der Waals surface area contributed by atoms with Crippen LogP contribution in [0.4, 0.5) is 11.4 Å². The predicted octanol–water partition coefficient (Wildman–Crippen LogP) is 4.51. The van der Waals surface area contributed by atoms with E-state index < -0.39 is 0 Å². The molecule has 0 aliphatic carbocycles. The third-order valence-electron chi connectivity index (χ3n) is 5.12. The van der Waals surface area contributed by atoms with Crippen molar-refractivity contribution in [2.75, 3.05) is 36.4 Å². The van der Waals surface area contributed by atoms with Crippen LogP contribution >= 0.6 is 11.6 Å². The monoisotopic (exact) mass is 413 g/mol. The van der Waals surface area contributed by atoms with Crippen molar-refractivity contribution in [1.82, 2.24) is 4.90 Å². The van der Waals surface area contributed by atoms with Crippen molar-refractivity contribution in [3.8, 4) is 0 Å². The maximum Gasteiger partial charge on any atom is 0.255 e. The van der Waals surface area contributed by atoms with Crippen molar-refractivity contribution in [3.05, 3.63) is 58.1 Å². The van der Waals surface area contributed by atoms with Crippen LogP contribution in [0.5, 0.6) is 0 Å². The third kappa shape index (κ3) is 5.10. The van der Waals surface area contributed by atoms with E-state index >= 15 is 0 Å². The molecule has 154 valence electrons.